The molecular weight excluding hydrogens is 311 g/mol. The van der Waals surface area contributed by atoms with Crippen LogP contribution in [0, 0.1) is 19.9 Å². The topological polar surface area (TPSA) is 17.3 Å². The van der Waals surface area contributed by atoms with Crippen LogP contribution in [0.2, 0.25) is 0 Å². The summed E-state index contributed by atoms with van der Waals surface area (Å²) in [6.45, 7) is 13.4. The molecule has 0 spiro atoms. The van der Waals surface area contributed by atoms with Crippen LogP contribution in [0.1, 0.15) is 62.0 Å². The zero-order chi connectivity index (χ0) is 17.9. The van der Waals surface area contributed by atoms with Crippen molar-refractivity contribution < 1.29 is 18.9 Å². The molecule has 4 aromatic rings. The first-order valence-electron chi connectivity index (χ1n) is 9.15. The van der Waals surface area contributed by atoms with E-state index >= 15 is 0 Å². The van der Waals surface area contributed by atoms with E-state index in [0.29, 0.717) is 11.8 Å². The van der Waals surface area contributed by atoms with Gasteiger partial charge in [-0.3, -0.25) is 4.98 Å². The molecule has 26 heavy (non-hydrogen) atoms. The van der Waals surface area contributed by atoms with Crippen LogP contribution in [0.15, 0.2) is 30.3 Å². The fourth-order valence-corrected chi connectivity index (χ4v) is 3.89. The van der Waals surface area contributed by atoms with E-state index in [4.69, 9.17) is 4.98 Å². The molecule has 0 fully saturated rings. The van der Waals surface area contributed by atoms with Crippen molar-refractivity contribution in [2.75, 3.05) is 0 Å². The Labute approximate surface area is 167 Å². The van der Waals surface area contributed by atoms with E-state index in [2.05, 4.69) is 76.3 Å². The van der Waals surface area contributed by atoms with Gasteiger partial charge < -0.3 is 4.40 Å². The summed E-state index contributed by atoms with van der Waals surface area (Å²) < 4.78 is 2.39. The number of hydrogen-bond acceptors (Lipinski definition) is 1. The maximum absolute atomic E-state index is 5.10. The second-order valence-electron chi connectivity index (χ2n) is 7.76. The normalized spacial score (nSPS) is 11.8. The molecule has 0 saturated heterocycles. The molecule has 0 aliphatic heterocycles. The molecule has 0 aliphatic carbocycles. The Morgan fingerprint density at radius 2 is 1.65 bits per heavy atom. The minimum absolute atomic E-state index is 0. The number of fused-ring (bicyclic) bond motifs is 6. The molecule has 0 N–H and O–H groups in total. The van der Waals surface area contributed by atoms with Crippen LogP contribution in [0.5, 0.6) is 0 Å². The van der Waals surface area contributed by atoms with Crippen LogP contribution in [0.25, 0.3) is 27.3 Å². The predicted molar refractivity (Wildman–Crippen MR) is 107 cm³/mol. The Kier molecular flexibility index (Phi) is 4.95. The molecule has 3 heteroatoms. The van der Waals surface area contributed by atoms with Gasteiger partial charge in [-0.05, 0) is 48.3 Å². The van der Waals surface area contributed by atoms with Gasteiger partial charge >= 0.3 is 18.9 Å². The number of pyridine rings is 1. The van der Waals surface area contributed by atoms with Gasteiger partial charge in [-0.15, -0.1) is 29.7 Å². The van der Waals surface area contributed by atoms with Crippen molar-refractivity contribution in [2.45, 2.75) is 53.4 Å². The molecule has 128 valence electrons. The molecule has 0 radical (unpaired) electrons. The van der Waals surface area contributed by atoms with Crippen molar-refractivity contribution in [3.8, 4) is 0 Å². The Bertz CT molecular complexity index is 1120. The van der Waals surface area contributed by atoms with Crippen molar-refractivity contribution in [1.82, 2.24) is 9.38 Å². The molecule has 2 nitrogen and oxygen atoms in total. The number of rotatable bonds is 2. The van der Waals surface area contributed by atoms with Crippen molar-refractivity contribution in [2.24, 2.45) is 0 Å². The van der Waals surface area contributed by atoms with Crippen LogP contribution in [0.3, 0.4) is 0 Å². The fourth-order valence-electron chi connectivity index (χ4n) is 3.89. The Hall–Kier alpha value is -1.75. The van der Waals surface area contributed by atoms with Crippen molar-refractivity contribution in [3.63, 3.8) is 0 Å². The fraction of sp³-hybridized carbons (Fsp3) is 0.348. The second-order valence-corrected chi connectivity index (χ2v) is 7.76. The Balaban J connectivity index is 0.00000196. The minimum atomic E-state index is 0. The maximum Gasteiger partial charge on any atom is 1.00 e. The molecule has 0 amide bonds. The van der Waals surface area contributed by atoms with Gasteiger partial charge in [0.25, 0.3) is 0 Å². The monoisotopic (exact) mass is 336 g/mol. The largest absolute Gasteiger partial charge is 1.00 e. The van der Waals surface area contributed by atoms with Crippen molar-refractivity contribution in [1.29, 1.82) is 0 Å². The number of benzene rings is 2. The number of aryl methyl sites for hydroxylation is 2. The first-order chi connectivity index (χ1) is 11.9. The number of hydrogen-bond donors (Lipinski definition) is 0. The van der Waals surface area contributed by atoms with Gasteiger partial charge in [-0.2, -0.15) is 0 Å². The predicted octanol–water partition coefficient (Wildman–Crippen LogP) is 3.31. The smallest absolute Gasteiger partial charge is 0.337 e. The minimum Gasteiger partial charge on any atom is -0.337 e. The van der Waals surface area contributed by atoms with E-state index in [0.717, 1.165) is 11.0 Å². The molecule has 0 aliphatic rings. The van der Waals surface area contributed by atoms with E-state index in [1.807, 2.05) is 6.07 Å². The van der Waals surface area contributed by atoms with Crippen molar-refractivity contribution in [3.05, 3.63) is 58.9 Å². The standard InChI is InChI=1S/C23H25N2.Li/c1-13(2)21-22(14(3)4)25-20-12-16(6)15(5)11-19(20)17-9-7-8-10-18(17)23(25)24-21;/h7-9,11-14H,1-6H3;/q-1;+1. The van der Waals surface area contributed by atoms with Crippen LogP contribution in [0.4, 0.5) is 0 Å². The average molecular weight is 336 g/mol. The molecule has 4 rings (SSSR count). The van der Waals surface area contributed by atoms with Gasteiger partial charge in [0.05, 0.1) is 11.3 Å². The third kappa shape index (κ3) is 2.68. The van der Waals surface area contributed by atoms with Crippen LogP contribution in [-0.4, -0.2) is 9.38 Å². The second kappa shape index (κ2) is 6.76. The van der Waals surface area contributed by atoms with Crippen LogP contribution < -0.4 is 18.9 Å². The van der Waals surface area contributed by atoms with E-state index in [9.17, 15) is 0 Å². The van der Waals surface area contributed by atoms with Gasteiger partial charge in [0, 0.05) is 11.2 Å². The summed E-state index contributed by atoms with van der Waals surface area (Å²) in [7, 11) is 0. The summed E-state index contributed by atoms with van der Waals surface area (Å²) in [5.74, 6) is 0.816. The van der Waals surface area contributed by atoms with Crippen LogP contribution in [-0.2, 0) is 0 Å². The molecule has 0 bridgehead atoms. The zero-order valence-corrected chi connectivity index (χ0v) is 16.9. The molecule has 0 saturated carbocycles. The van der Waals surface area contributed by atoms with E-state index < -0.39 is 0 Å². The summed E-state index contributed by atoms with van der Waals surface area (Å²) in [6.07, 6.45) is 0. The molecule has 2 heterocycles. The van der Waals surface area contributed by atoms with E-state index in [-0.39, 0.29) is 18.9 Å². The van der Waals surface area contributed by atoms with Gasteiger partial charge in [0.15, 0.2) is 0 Å². The number of aromatic nitrogens is 2. The molecule has 2 aromatic heterocycles. The maximum atomic E-state index is 5.10. The van der Waals surface area contributed by atoms with Gasteiger partial charge in [-0.1, -0.05) is 39.1 Å². The van der Waals surface area contributed by atoms with Gasteiger partial charge in [0.1, 0.15) is 0 Å². The third-order valence-corrected chi connectivity index (χ3v) is 5.26. The first-order valence-corrected chi connectivity index (χ1v) is 9.15. The summed E-state index contributed by atoms with van der Waals surface area (Å²) in [5.41, 5.74) is 7.48. The Morgan fingerprint density at radius 3 is 2.31 bits per heavy atom. The zero-order valence-electron chi connectivity index (χ0n) is 16.9. The van der Waals surface area contributed by atoms with Crippen LogP contribution >= 0.6 is 0 Å². The number of imidazole rings is 1. The molecule has 0 atom stereocenters. The summed E-state index contributed by atoms with van der Waals surface area (Å²) in [6, 6.07) is 14.4. The molecule has 0 unspecified atom stereocenters. The summed E-state index contributed by atoms with van der Waals surface area (Å²) >= 11 is 0. The SMILES string of the molecule is Cc1cc2c3ccc[c-]c3c3nc(C(C)C)c(C(C)C)n3c2cc1C.[Li+]. The number of nitrogens with zero attached hydrogens (tertiary/aromatic N) is 2. The third-order valence-electron chi connectivity index (χ3n) is 5.26. The summed E-state index contributed by atoms with van der Waals surface area (Å²) in [4.78, 5) is 5.10. The van der Waals surface area contributed by atoms with E-state index in [1.165, 1.54) is 38.8 Å². The average Bonchev–Trinajstić information content (AvgIpc) is 2.98. The molecular formula is C23H25LiN2. The van der Waals surface area contributed by atoms with E-state index in [1.54, 1.807) is 0 Å². The van der Waals surface area contributed by atoms with Crippen molar-refractivity contribution >= 4 is 27.3 Å². The first kappa shape index (κ1) is 19.0. The summed E-state index contributed by atoms with van der Waals surface area (Å²) in [5, 5.41) is 3.65. The Morgan fingerprint density at radius 1 is 0.962 bits per heavy atom. The van der Waals surface area contributed by atoms with Gasteiger partial charge in [0.2, 0.25) is 0 Å². The quantitative estimate of drug-likeness (QED) is 0.312. The molecule has 2 aromatic carbocycles. The van der Waals surface area contributed by atoms with Gasteiger partial charge in [-0.25, -0.2) is 0 Å².